The zero-order chi connectivity index (χ0) is 9.40. The first-order chi connectivity index (χ1) is 5.74. The van der Waals surface area contributed by atoms with Crippen LogP contribution in [0.3, 0.4) is 0 Å². The van der Waals surface area contributed by atoms with Crippen LogP contribution in [0, 0.1) is 0 Å². The van der Waals surface area contributed by atoms with Crippen LogP contribution in [0.1, 0.15) is 20.3 Å². The summed E-state index contributed by atoms with van der Waals surface area (Å²) in [4.78, 5) is 14.7. The van der Waals surface area contributed by atoms with E-state index in [0.29, 0.717) is 19.1 Å². The summed E-state index contributed by atoms with van der Waals surface area (Å²) in [5, 5.41) is 0. The van der Waals surface area contributed by atoms with Crippen LogP contribution in [0.15, 0.2) is 4.99 Å². The Morgan fingerprint density at radius 1 is 1.25 bits per heavy atom. The number of hydrogen-bond donors (Lipinski definition) is 0. The number of hydrogen-bond acceptors (Lipinski definition) is 4. The monoisotopic (exact) mass is 173 g/mol. The molecule has 0 aliphatic carbocycles. The molecule has 70 valence electrons. The number of ether oxygens (including phenoxy) is 2. The van der Waals surface area contributed by atoms with E-state index >= 15 is 0 Å². The van der Waals surface area contributed by atoms with Gasteiger partial charge in [-0.1, -0.05) is 0 Å². The summed E-state index contributed by atoms with van der Waals surface area (Å²) >= 11 is 0. The fourth-order valence-corrected chi connectivity index (χ4v) is 0.697. The topological polar surface area (TPSA) is 47.9 Å². The normalized spacial score (nSPS) is 11.1. The maximum atomic E-state index is 10.9. The molecule has 0 aliphatic rings. The van der Waals surface area contributed by atoms with Gasteiger partial charge in [-0.2, -0.15) is 0 Å². The van der Waals surface area contributed by atoms with Gasteiger partial charge in [0.1, 0.15) is 6.42 Å². The maximum Gasteiger partial charge on any atom is 0.315 e. The molecule has 0 aromatic rings. The van der Waals surface area contributed by atoms with E-state index in [2.05, 4.69) is 4.99 Å². The molecule has 0 heterocycles. The van der Waals surface area contributed by atoms with E-state index < -0.39 is 0 Å². The number of esters is 1. The Kier molecular flexibility index (Phi) is 6.05. The largest absolute Gasteiger partial charge is 0.481 e. The molecular weight excluding hydrogens is 158 g/mol. The van der Waals surface area contributed by atoms with Gasteiger partial charge in [0, 0.05) is 7.05 Å². The summed E-state index contributed by atoms with van der Waals surface area (Å²) in [6.45, 7) is 4.52. The van der Waals surface area contributed by atoms with E-state index in [9.17, 15) is 4.79 Å². The van der Waals surface area contributed by atoms with Crippen LogP contribution in [0.5, 0.6) is 0 Å². The third-order valence-corrected chi connectivity index (χ3v) is 1.16. The number of nitrogens with zero attached hydrogens (tertiary/aromatic N) is 1. The number of rotatable bonds is 4. The molecular formula is C8H15NO3. The highest BCUT2D eigenvalue weighted by Gasteiger charge is 2.07. The average molecular weight is 173 g/mol. The standard InChI is InChI=1S/C8H15NO3/c1-4-11-7(9-3)6-8(10)12-5-2/h4-6H2,1-3H3/b9-7-. The Morgan fingerprint density at radius 3 is 2.25 bits per heavy atom. The quantitative estimate of drug-likeness (QED) is 0.362. The minimum Gasteiger partial charge on any atom is -0.481 e. The molecule has 0 atom stereocenters. The summed E-state index contributed by atoms with van der Waals surface area (Å²) in [7, 11) is 1.59. The Morgan fingerprint density at radius 2 is 1.83 bits per heavy atom. The zero-order valence-electron chi connectivity index (χ0n) is 7.79. The lowest BCUT2D eigenvalue weighted by Crippen LogP contribution is -2.13. The lowest BCUT2D eigenvalue weighted by Gasteiger charge is -2.05. The smallest absolute Gasteiger partial charge is 0.315 e. The minimum absolute atomic E-state index is 0.123. The zero-order valence-corrected chi connectivity index (χ0v) is 7.79. The van der Waals surface area contributed by atoms with Crippen LogP contribution in [0.25, 0.3) is 0 Å². The summed E-state index contributed by atoms with van der Waals surface area (Å²) in [6, 6.07) is 0. The fourth-order valence-electron chi connectivity index (χ4n) is 0.697. The lowest BCUT2D eigenvalue weighted by atomic mass is 10.4. The first kappa shape index (κ1) is 10.9. The molecule has 12 heavy (non-hydrogen) atoms. The van der Waals surface area contributed by atoms with Gasteiger partial charge in [-0.15, -0.1) is 0 Å². The van der Waals surface area contributed by atoms with Crippen molar-refractivity contribution < 1.29 is 14.3 Å². The van der Waals surface area contributed by atoms with Crippen LogP contribution in [-0.2, 0) is 14.3 Å². The molecule has 4 nitrogen and oxygen atoms in total. The Balaban J connectivity index is 3.78. The minimum atomic E-state index is -0.299. The van der Waals surface area contributed by atoms with Crippen molar-refractivity contribution >= 4 is 11.9 Å². The first-order valence-electron chi connectivity index (χ1n) is 3.98. The Hall–Kier alpha value is -1.06. The van der Waals surface area contributed by atoms with E-state index in [-0.39, 0.29) is 12.4 Å². The van der Waals surface area contributed by atoms with Crippen LogP contribution in [-0.4, -0.2) is 32.1 Å². The highest BCUT2D eigenvalue weighted by molar-refractivity contribution is 5.94. The molecule has 0 spiro atoms. The first-order valence-corrected chi connectivity index (χ1v) is 3.98. The molecule has 0 aromatic heterocycles. The molecule has 0 unspecified atom stereocenters. The summed E-state index contributed by atoms with van der Waals surface area (Å²) < 4.78 is 9.78. The van der Waals surface area contributed by atoms with Gasteiger partial charge in [0.05, 0.1) is 13.2 Å². The molecule has 0 amide bonds. The second kappa shape index (κ2) is 6.64. The molecule has 0 rings (SSSR count). The number of aliphatic imine (C=N–C) groups is 1. The third kappa shape index (κ3) is 4.71. The van der Waals surface area contributed by atoms with E-state index in [1.165, 1.54) is 0 Å². The molecule has 0 aliphatic heterocycles. The van der Waals surface area contributed by atoms with Gasteiger partial charge in [-0.05, 0) is 13.8 Å². The van der Waals surface area contributed by atoms with Crippen LogP contribution in [0.4, 0.5) is 0 Å². The number of carbonyl (C=O) groups excluding carboxylic acids is 1. The van der Waals surface area contributed by atoms with Crippen LogP contribution in [0.2, 0.25) is 0 Å². The van der Waals surface area contributed by atoms with E-state index in [4.69, 9.17) is 9.47 Å². The van der Waals surface area contributed by atoms with Crippen molar-refractivity contribution in [3.63, 3.8) is 0 Å². The lowest BCUT2D eigenvalue weighted by molar-refractivity contribution is -0.141. The summed E-state index contributed by atoms with van der Waals surface area (Å²) in [5.74, 6) is 0.127. The molecule has 4 heteroatoms. The van der Waals surface area contributed by atoms with Crippen molar-refractivity contribution in [1.82, 2.24) is 0 Å². The summed E-state index contributed by atoms with van der Waals surface area (Å²) in [5.41, 5.74) is 0. The van der Waals surface area contributed by atoms with Gasteiger partial charge in [-0.3, -0.25) is 9.79 Å². The Labute approximate surface area is 72.6 Å². The van der Waals surface area contributed by atoms with Gasteiger partial charge in [-0.25, -0.2) is 0 Å². The van der Waals surface area contributed by atoms with Crippen molar-refractivity contribution in [3.8, 4) is 0 Å². The van der Waals surface area contributed by atoms with Gasteiger partial charge in [0.2, 0.25) is 0 Å². The van der Waals surface area contributed by atoms with Crippen molar-refractivity contribution in [2.24, 2.45) is 4.99 Å². The molecule has 0 saturated heterocycles. The molecule has 0 aromatic carbocycles. The van der Waals surface area contributed by atoms with Gasteiger partial charge in [0.25, 0.3) is 0 Å². The van der Waals surface area contributed by atoms with E-state index in [0.717, 1.165) is 0 Å². The third-order valence-electron chi connectivity index (χ3n) is 1.16. The second-order valence-corrected chi connectivity index (χ2v) is 2.03. The average Bonchev–Trinajstić information content (AvgIpc) is 2.04. The van der Waals surface area contributed by atoms with Gasteiger partial charge in [0.15, 0.2) is 5.90 Å². The van der Waals surface area contributed by atoms with Crippen molar-refractivity contribution in [2.45, 2.75) is 20.3 Å². The molecule has 0 radical (unpaired) electrons. The maximum absolute atomic E-state index is 10.9. The SMILES string of the molecule is CCOC(=O)C/C(=N/C)OCC. The van der Waals surface area contributed by atoms with Crippen LogP contribution >= 0.6 is 0 Å². The predicted octanol–water partition coefficient (Wildman–Crippen LogP) is 1.00. The molecule has 0 saturated carbocycles. The predicted molar refractivity (Wildman–Crippen MR) is 46.2 cm³/mol. The molecule has 0 bridgehead atoms. The van der Waals surface area contributed by atoms with Crippen LogP contribution < -0.4 is 0 Å². The highest BCUT2D eigenvalue weighted by Crippen LogP contribution is 1.92. The van der Waals surface area contributed by atoms with Gasteiger partial charge < -0.3 is 9.47 Å². The Bertz CT molecular complexity index is 166. The summed E-state index contributed by atoms with van der Waals surface area (Å²) in [6.07, 6.45) is 0.123. The molecule has 0 fully saturated rings. The van der Waals surface area contributed by atoms with Gasteiger partial charge >= 0.3 is 5.97 Å². The van der Waals surface area contributed by atoms with Crippen molar-refractivity contribution in [2.75, 3.05) is 20.3 Å². The second-order valence-electron chi connectivity index (χ2n) is 2.03. The molecule has 0 N–H and O–H groups in total. The van der Waals surface area contributed by atoms with E-state index in [1.54, 1.807) is 14.0 Å². The fraction of sp³-hybridized carbons (Fsp3) is 0.750. The van der Waals surface area contributed by atoms with Crippen molar-refractivity contribution in [1.29, 1.82) is 0 Å². The van der Waals surface area contributed by atoms with E-state index in [1.807, 2.05) is 6.92 Å². The van der Waals surface area contributed by atoms with Crippen molar-refractivity contribution in [3.05, 3.63) is 0 Å². The number of carbonyl (C=O) groups is 1. The highest BCUT2D eigenvalue weighted by atomic mass is 16.5.